The lowest BCUT2D eigenvalue weighted by Gasteiger charge is -2.33. The SMILES string of the molecule is CC1CNCC(C(=O)N(C)C(C)c2ccccc2F)C1. The fraction of sp³-hybridized carbons (Fsp3) is 0.562. The summed E-state index contributed by atoms with van der Waals surface area (Å²) in [5, 5.41) is 3.29. The molecule has 1 amide bonds. The Balaban J connectivity index is 2.08. The van der Waals surface area contributed by atoms with Gasteiger partial charge >= 0.3 is 0 Å². The number of carbonyl (C=O) groups excluding carboxylic acids is 1. The molecule has 1 N–H and O–H groups in total. The highest BCUT2D eigenvalue weighted by Crippen LogP contribution is 2.25. The first-order valence-corrected chi connectivity index (χ1v) is 7.22. The van der Waals surface area contributed by atoms with Crippen LogP contribution in [0.25, 0.3) is 0 Å². The Morgan fingerprint density at radius 1 is 1.40 bits per heavy atom. The van der Waals surface area contributed by atoms with Crippen molar-refractivity contribution in [1.82, 2.24) is 10.2 Å². The number of rotatable bonds is 3. The third-order valence-electron chi connectivity index (χ3n) is 4.20. The summed E-state index contributed by atoms with van der Waals surface area (Å²) in [6.45, 7) is 5.70. The maximum Gasteiger partial charge on any atom is 0.227 e. The van der Waals surface area contributed by atoms with Crippen molar-refractivity contribution in [1.29, 1.82) is 0 Å². The van der Waals surface area contributed by atoms with Crippen LogP contribution < -0.4 is 5.32 Å². The lowest BCUT2D eigenvalue weighted by atomic mass is 9.90. The minimum absolute atomic E-state index is 0.00188. The van der Waals surface area contributed by atoms with E-state index in [9.17, 15) is 9.18 Å². The first-order chi connectivity index (χ1) is 9.50. The topological polar surface area (TPSA) is 32.3 Å². The van der Waals surface area contributed by atoms with E-state index in [2.05, 4.69) is 12.2 Å². The third kappa shape index (κ3) is 3.18. The Labute approximate surface area is 120 Å². The van der Waals surface area contributed by atoms with Crippen LogP contribution >= 0.6 is 0 Å². The second-order valence-corrected chi connectivity index (χ2v) is 5.84. The van der Waals surface area contributed by atoms with Gasteiger partial charge in [-0.25, -0.2) is 4.39 Å². The van der Waals surface area contributed by atoms with E-state index in [4.69, 9.17) is 0 Å². The van der Waals surface area contributed by atoms with Gasteiger partial charge in [-0.15, -0.1) is 0 Å². The predicted molar refractivity (Wildman–Crippen MR) is 77.7 cm³/mol. The lowest BCUT2D eigenvalue weighted by molar-refractivity contribution is -0.137. The van der Waals surface area contributed by atoms with Crippen LogP contribution in [0.15, 0.2) is 24.3 Å². The van der Waals surface area contributed by atoms with Crippen molar-refractivity contribution >= 4 is 5.91 Å². The number of piperidine rings is 1. The van der Waals surface area contributed by atoms with Crippen LogP contribution in [0.3, 0.4) is 0 Å². The van der Waals surface area contributed by atoms with Crippen molar-refractivity contribution in [3.63, 3.8) is 0 Å². The van der Waals surface area contributed by atoms with Crippen LogP contribution in [0.5, 0.6) is 0 Å². The van der Waals surface area contributed by atoms with Gasteiger partial charge in [-0.1, -0.05) is 25.1 Å². The minimum atomic E-state index is -0.255. The average Bonchev–Trinajstić information content (AvgIpc) is 2.45. The molecule has 3 unspecified atom stereocenters. The van der Waals surface area contributed by atoms with E-state index in [1.54, 1.807) is 30.1 Å². The van der Waals surface area contributed by atoms with Crippen LogP contribution in [0, 0.1) is 17.7 Å². The Kier molecular flexibility index (Phi) is 4.76. The van der Waals surface area contributed by atoms with Gasteiger partial charge in [0, 0.05) is 19.2 Å². The van der Waals surface area contributed by atoms with E-state index in [1.807, 2.05) is 6.92 Å². The van der Waals surface area contributed by atoms with E-state index in [1.165, 1.54) is 6.07 Å². The molecular formula is C16H23FN2O. The van der Waals surface area contributed by atoms with Gasteiger partial charge in [-0.05, 0) is 31.9 Å². The number of hydrogen-bond donors (Lipinski definition) is 1. The summed E-state index contributed by atoms with van der Waals surface area (Å²) in [6, 6.07) is 6.40. The summed E-state index contributed by atoms with van der Waals surface area (Å²) in [4.78, 5) is 14.2. The Morgan fingerprint density at radius 3 is 2.75 bits per heavy atom. The quantitative estimate of drug-likeness (QED) is 0.921. The van der Waals surface area contributed by atoms with E-state index in [0.29, 0.717) is 11.5 Å². The highest BCUT2D eigenvalue weighted by molar-refractivity contribution is 5.79. The molecule has 0 saturated carbocycles. The fourth-order valence-corrected chi connectivity index (χ4v) is 2.85. The minimum Gasteiger partial charge on any atom is -0.339 e. The van der Waals surface area contributed by atoms with Gasteiger partial charge in [0.25, 0.3) is 0 Å². The van der Waals surface area contributed by atoms with Gasteiger partial charge in [0.05, 0.1) is 12.0 Å². The zero-order chi connectivity index (χ0) is 14.7. The highest BCUT2D eigenvalue weighted by atomic mass is 19.1. The average molecular weight is 278 g/mol. The van der Waals surface area contributed by atoms with Gasteiger partial charge in [-0.2, -0.15) is 0 Å². The Hall–Kier alpha value is -1.42. The fourth-order valence-electron chi connectivity index (χ4n) is 2.85. The molecule has 20 heavy (non-hydrogen) atoms. The molecule has 1 heterocycles. The third-order valence-corrected chi connectivity index (χ3v) is 4.20. The first kappa shape index (κ1) is 15.0. The zero-order valence-electron chi connectivity index (χ0n) is 12.4. The molecule has 2 rings (SSSR count). The van der Waals surface area contributed by atoms with Gasteiger partial charge < -0.3 is 10.2 Å². The van der Waals surface area contributed by atoms with Crippen LogP contribution in [0.4, 0.5) is 4.39 Å². The van der Waals surface area contributed by atoms with Crippen LogP contribution in [-0.4, -0.2) is 30.9 Å². The highest BCUT2D eigenvalue weighted by Gasteiger charge is 2.29. The van der Waals surface area contributed by atoms with E-state index in [0.717, 1.165) is 19.5 Å². The molecule has 0 spiro atoms. The molecule has 1 aromatic carbocycles. The molecule has 0 bridgehead atoms. The summed E-state index contributed by atoms with van der Waals surface area (Å²) in [5.74, 6) is 0.349. The summed E-state index contributed by atoms with van der Waals surface area (Å²) >= 11 is 0. The molecule has 3 nitrogen and oxygen atoms in total. The molecule has 3 atom stereocenters. The number of nitrogens with one attached hydrogen (secondary N) is 1. The normalized spacial score (nSPS) is 24.2. The molecule has 1 aromatic rings. The van der Waals surface area contributed by atoms with Gasteiger partial charge in [0.15, 0.2) is 0 Å². The molecule has 110 valence electrons. The molecule has 1 fully saturated rings. The van der Waals surface area contributed by atoms with Crippen molar-refractivity contribution < 1.29 is 9.18 Å². The zero-order valence-corrected chi connectivity index (χ0v) is 12.4. The van der Waals surface area contributed by atoms with Gasteiger partial charge in [0.1, 0.15) is 5.82 Å². The Bertz CT molecular complexity index is 477. The summed E-state index contributed by atoms with van der Waals surface area (Å²) in [6.07, 6.45) is 0.903. The standard InChI is InChI=1S/C16H23FN2O/c1-11-8-13(10-18-9-11)16(20)19(3)12(2)14-6-4-5-7-15(14)17/h4-7,11-13,18H,8-10H2,1-3H3. The second-order valence-electron chi connectivity index (χ2n) is 5.84. The number of benzene rings is 1. The Morgan fingerprint density at radius 2 is 2.10 bits per heavy atom. The predicted octanol–water partition coefficient (Wildman–Crippen LogP) is 2.59. The maximum atomic E-state index is 13.8. The molecule has 0 aliphatic carbocycles. The van der Waals surface area contributed by atoms with Crippen LogP contribution in [-0.2, 0) is 4.79 Å². The maximum absolute atomic E-state index is 13.8. The van der Waals surface area contributed by atoms with Crippen molar-refractivity contribution in [2.75, 3.05) is 20.1 Å². The number of hydrogen-bond acceptors (Lipinski definition) is 2. The number of amides is 1. The molecule has 0 radical (unpaired) electrons. The van der Waals surface area contributed by atoms with Gasteiger partial charge in [0.2, 0.25) is 5.91 Å². The van der Waals surface area contributed by atoms with Crippen molar-refractivity contribution in [3.05, 3.63) is 35.6 Å². The van der Waals surface area contributed by atoms with Gasteiger partial charge in [-0.3, -0.25) is 4.79 Å². The number of nitrogens with zero attached hydrogens (tertiary/aromatic N) is 1. The largest absolute Gasteiger partial charge is 0.339 e. The molecule has 1 aliphatic heterocycles. The molecule has 4 heteroatoms. The van der Waals surface area contributed by atoms with Crippen molar-refractivity contribution in [3.8, 4) is 0 Å². The molecule has 1 saturated heterocycles. The van der Waals surface area contributed by atoms with E-state index < -0.39 is 0 Å². The lowest BCUT2D eigenvalue weighted by Crippen LogP contribution is -2.44. The molecule has 1 aliphatic rings. The van der Waals surface area contributed by atoms with Crippen LogP contribution in [0.1, 0.15) is 31.9 Å². The smallest absolute Gasteiger partial charge is 0.227 e. The second kappa shape index (κ2) is 6.35. The summed E-state index contributed by atoms with van der Waals surface area (Å²) < 4.78 is 13.8. The van der Waals surface area contributed by atoms with E-state index in [-0.39, 0.29) is 23.7 Å². The molecule has 0 aromatic heterocycles. The van der Waals surface area contributed by atoms with Crippen molar-refractivity contribution in [2.45, 2.75) is 26.3 Å². The monoisotopic (exact) mass is 278 g/mol. The van der Waals surface area contributed by atoms with E-state index >= 15 is 0 Å². The number of halogens is 1. The summed E-state index contributed by atoms with van der Waals surface area (Å²) in [7, 11) is 1.76. The molecular weight excluding hydrogens is 255 g/mol. The summed E-state index contributed by atoms with van der Waals surface area (Å²) in [5.41, 5.74) is 0.570. The van der Waals surface area contributed by atoms with Crippen molar-refractivity contribution in [2.24, 2.45) is 11.8 Å². The number of carbonyl (C=O) groups is 1. The van der Waals surface area contributed by atoms with Crippen LogP contribution in [0.2, 0.25) is 0 Å². The first-order valence-electron chi connectivity index (χ1n) is 7.22.